The third kappa shape index (κ3) is 3.81. The van der Waals surface area contributed by atoms with Crippen molar-refractivity contribution in [3.05, 3.63) is 0 Å². The first-order valence-electron chi connectivity index (χ1n) is 5.79. The average Bonchev–Trinajstić information content (AvgIpc) is 2.53. The average molecular weight is 229 g/mol. The van der Waals surface area contributed by atoms with Crippen LogP contribution in [0.25, 0.3) is 0 Å². The van der Waals surface area contributed by atoms with E-state index in [2.05, 4.69) is 5.32 Å². The second kappa shape index (κ2) is 6.48. The van der Waals surface area contributed by atoms with Crippen molar-refractivity contribution in [1.29, 1.82) is 0 Å². The van der Waals surface area contributed by atoms with Crippen LogP contribution in [-0.2, 0) is 9.59 Å². The lowest BCUT2D eigenvalue weighted by molar-refractivity contribution is -0.143. The summed E-state index contributed by atoms with van der Waals surface area (Å²) in [6, 6.07) is -1.17. The summed E-state index contributed by atoms with van der Waals surface area (Å²) in [5.41, 5.74) is 0. The molecule has 1 unspecified atom stereocenters. The number of aliphatic hydroxyl groups excluding tert-OH is 1. The molecule has 0 bridgehead atoms. The fourth-order valence-electron chi connectivity index (χ4n) is 2.02. The molecule has 1 fully saturated rings. The van der Waals surface area contributed by atoms with E-state index in [1.807, 2.05) is 0 Å². The number of carbonyl (C=O) groups excluding carboxylic acids is 1. The predicted molar refractivity (Wildman–Crippen MR) is 57.8 cm³/mol. The van der Waals surface area contributed by atoms with Gasteiger partial charge in [-0.1, -0.05) is 25.7 Å². The van der Waals surface area contributed by atoms with Gasteiger partial charge in [-0.05, 0) is 12.8 Å². The molecule has 0 spiro atoms. The number of carboxylic acids is 1. The van der Waals surface area contributed by atoms with Gasteiger partial charge in [0.1, 0.15) is 6.04 Å². The van der Waals surface area contributed by atoms with Crippen LogP contribution in [0.2, 0.25) is 0 Å². The molecule has 0 aromatic heterocycles. The summed E-state index contributed by atoms with van der Waals surface area (Å²) in [5.74, 6) is -1.51. The topological polar surface area (TPSA) is 86.6 Å². The van der Waals surface area contributed by atoms with Crippen molar-refractivity contribution < 1.29 is 19.8 Å². The summed E-state index contributed by atoms with van der Waals surface area (Å²) in [7, 11) is 0. The number of carbonyl (C=O) groups is 2. The molecule has 0 aromatic carbocycles. The number of hydrogen-bond acceptors (Lipinski definition) is 3. The van der Waals surface area contributed by atoms with Gasteiger partial charge in [-0.15, -0.1) is 0 Å². The van der Waals surface area contributed by atoms with Gasteiger partial charge in [-0.2, -0.15) is 0 Å². The van der Waals surface area contributed by atoms with Gasteiger partial charge in [-0.25, -0.2) is 4.79 Å². The van der Waals surface area contributed by atoms with E-state index < -0.39 is 18.6 Å². The normalized spacial score (nSPS) is 19.8. The molecular formula is C11H19NO4. The first-order valence-corrected chi connectivity index (χ1v) is 5.79. The highest BCUT2D eigenvalue weighted by Gasteiger charge is 2.25. The maximum Gasteiger partial charge on any atom is 0.328 e. The summed E-state index contributed by atoms with van der Waals surface area (Å²) >= 11 is 0. The van der Waals surface area contributed by atoms with Gasteiger partial charge in [0.2, 0.25) is 5.91 Å². The molecule has 0 saturated heterocycles. The highest BCUT2D eigenvalue weighted by atomic mass is 16.4. The second-order valence-electron chi connectivity index (χ2n) is 4.27. The van der Waals surface area contributed by atoms with Gasteiger partial charge >= 0.3 is 5.97 Å². The van der Waals surface area contributed by atoms with E-state index in [-0.39, 0.29) is 11.8 Å². The highest BCUT2D eigenvalue weighted by Crippen LogP contribution is 2.22. The van der Waals surface area contributed by atoms with Crippen molar-refractivity contribution in [3.8, 4) is 0 Å². The van der Waals surface area contributed by atoms with Crippen molar-refractivity contribution in [1.82, 2.24) is 5.32 Å². The first-order chi connectivity index (χ1) is 7.65. The van der Waals surface area contributed by atoms with Crippen LogP contribution in [0.5, 0.6) is 0 Å². The minimum atomic E-state index is -1.19. The van der Waals surface area contributed by atoms with Crippen molar-refractivity contribution >= 4 is 11.9 Å². The number of rotatable bonds is 4. The van der Waals surface area contributed by atoms with Crippen LogP contribution in [-0.4, -0.2) is 34.7 Å². The zero-order valence-corrected chi connectivity index (χ0v) is 9.32. The molecule has 1 amide bonds. The minimum Gasteiger partial charge on any atom is -0.480 e. The summed E-state index contributed by atoms with van der Waals surface area (Å²) in [6.07, 6.45) is 5.98. The Bertz CT molecular complexity index is 246. The summed E-state index contributed by atoms with van der Waals surface area (Å²) in [6.45, 7) is -0.562. The number of hydrogen-bond donors (Lipinski definition) is 3. The Morgan fingerprint density at radius 1 is 1.19 bits per heavy atom. The van der Waals surface area contributed by atoms with Gasteiger partial charge in [0, 0.05) is 5.92 Å². The zero-order valence-electron chi connectivity index (χ0n) is 9.32. The van der Waals surface area contributed by atoms with Crippen molar-refractivity contribution in [2.75, 3.05) is 6.61 Å². The predicted octanol–water partition coefficient (Wildman–Crippen LogP) is 0.518. The van der Waals surface area contributed by atoms with E-state index in [9.17, 15) is 9.59 Å². The lowest BCUT2D eigenvalue weighted by Crippen LogP contribution is -2.45. The van der Waals surface area contributed by atoms with Gasteiger partial charge in [0.15, 0.2) is 0 Å². The number of nitrogens with one attached hydrogen (secondary N) is 1. The standard InChI is InChI=1S/C11H19NO4/c13-7-9(11(15)16)12-10(14)8-5-3-1-2-4-6-8/h8-9,13H,1-7H2,(H,12,14)(H,15,16). The van der Waals surface area contributed by atoms with E-state index in [0.717, 1.165) is 38.5 Å². The monoisotopic (exact) mass is 229 g/mol. The third-order valence-electron chi connectivity index (χ3n) is 3.02. The number of carboxylic acid groups (broad SMARTS) is 1. The fraction of sp³-hybridized carbons (Fsp3) is 0.818. The van der Waals surface area contributed by atoms with Crippen LogP contribution in [0, 0.1) is 5.92 Å². The maximum absolute atomic E-state index is 11.7. The van der Waals surface area contributed by atoms with E-state index in [4.69, 9.17) is 10.2 Å². The van der Waals surface area contributed by atoms with Gasteiger partial charge in [0.25, 0.3) is 0 Å². The molecule has 0 aromatic rings. The van der Waals surface area contributed by atoms with Crippen LogP contribution >= 0.6 is 0 Å². The number of aliphatic hydroxyl groups is 1. The lowest BCUT2D eigenvalue weighted by atomic mass is 9.99. The smallest absolute Gasteiger partial charge is 0.328 e. The molecule has 0 aliphatic heterocycles. The van der Waals surface area contributed by atoms with Gasteiger partial charge < -0.3 is 15.5 Å². The Kier molecular flexibility index (Phi) is 5.25. The Morgan fingerprint density at radius 2 is 1.75 bits per heavy atom. The van der Waals surface area contributed by atoms with Gasteiger partial charge in [0.05, 0.1) is 6.61 Å². The molecule has 3 N–H and O–H groups in total. The molecule has 16 heavy (non-hydrogen) atoms. The minimum absolute atomic E-state index is 0.0871. The Balaban J connectivity index is 2.46. The van der Waals surface area contributed by atoms with E-state index in [1.165, 1.54) is 0 Å². The molecule has 1 saturated carbocycles. The van der Waals surface area contributed by atoms with E-state index in [1.54, 1.807) is 0 Å². The Morgan fingerprint density at radius 3 is 2.19 bits per heavy atom. The van der Waals surface area contributed by atoms with Crippen LogP contribution < -0.4 is 5.32 Å². The van der Waals surface area contributed by atoms with Crippen LogP contribution in [0.3, 0.4) is 0 Å². The largest absolute Gasteiger partial charge is 0.480 e. The van der Waals surface area contributed by atoms with E-state index >= 15 is 0 Å². The third-order valence-corrected chi connectivity index (χ3v) is 3.02. The number of amides is 1. The molecule has 1 atom stereocenters. The second-order valence-corrected chi connectivity index (χ2v) is 4.27. The molecule has 0 radical (unpaired) electrons. The van der Waals surface area contributed by atoms with Crippen molar-refractivity contribution in [3.63, 3.8) is 0 Å². The molecule has 1 aliphatic rings. The molecule has 1 rings (SSSR count). The molecule has 92 valence electrons. The molecule has 5 heteroatoms. The Labute approximate surface area is 94.8 Å². The SMILES string of the molecule is O=C(NC(CO)C(=O)O)C1CCCCCC1. The molecule has 1 aliphatic carbocycles. The summed E-state index contributed by atoms with van der Waals surface area (Å²) in [4.78, 5) is 22.4. The van der Waals surface area contributed by atoms with E-state index in [0.29, 0.717) is 0 Å². The summed E-state index contributed by atoms with van der Waals surface area (Å²) < 4.78 is 0. The first kappa shape index (κ1) is 13.0. The van der Waals surface area contributed by atoms with Crippen LogP contribution in [0.1, 0.15) is 38.5 Å². The quantitative estimate of drug-likeness (QED) is 0.613. The highest BCUT2D eigenvalue weighted by molar-refractivity contribution is 5.85. The fourth-order valence-corrected chi connectivity index (χ4v) is 2.02. The number of aliphatic carboxylic acids is 1. The van der Waals surface area contributed by atoms with Crippen molar-refractivity contribution in [2.45, 2.75) is 44.6 Å². The van der Waals surface area contributed by atoms with Gasteiger partial charge in [-0.3, -0.25) is 4.79 Å². The lowest BCUT2D eigenvalue weighted by Gasteiger charge is -2.17. The molecule has 5 nitrogen and oxygen atoms in total. The molecular weight excluding hydrogens is 210 g/mol. The molecule has 0 heterocycles. The van der Waals surface area contributed by atoms with Crippen molar-refractivity contribution in [2.24, 2.45) is 5.92 Å². The maximum atomic E-state index is 11.7. The van der Waals surface area contributed by atoms with Crippen LogP contribution in [0.4, 0.5) is 0 Å². The summed E-state index contributed by atoms with van der Waals surface area (Å²) in [5, 5.41) is 19.9. The zero-order chi connectivity index (χ0) is 12.0. The Hall–Kier alpha value is -1.10. The van der Waals surface area contributed by atoms with Crippen LogP contribution in [0.15, 0.2) is 0 Å².